The smallest absolute Gasteiger partial charge is 0.335 e. The normalized spacial score (nSPS) is 15.6. The lowest BCUT2D eigenvalue weighted by Crippen LogP contribution is -2.54. The molecule has 0 aliphatic carbocycles. The third-order valence-electron chi connectivity index (χ3n) is 4.50. The van der Waals surface area contributed by atoms with E-state index in [0.29, 0.717) is 27.1 Å². The summed E-state index contributed by atoms with van der Waals surface area (Å²) < 4.78 is 5.73. The molecule has 0 saturated carbocycles. The number of rotatable bonds is 3. The van der Waals surface area contributed by atoms with Gasteiger partial charge in [-0.1, -0.05) is 40.9 Å². The Morgan fingerprint density at radius 3 is 2.43 bits per heavy atom. The Kier molecular flexibility index (Phi) is 5.20. The van der Waals surface area contributed by atoms with Gasteiger partial charge >= 0.3 is 6.03 Å². The molecule has 0 spiro atoms. The Labute approximate surface area is 181 Å². The highest BCUT2D eigenvalue weighted by atomic mass is 35.5. The fourth-order valence-electron chi connectivity index (χ4n) is 2.99. The Morgan fingerprint density at radius 2 is 1.70 bits per heavy atom. The van der Waals surface area contributed by atoms with Crippen molar-refractivity contribution in [3.8, 4) is 11.3 Å². The maximum Gasteiger partial charge on any atom is 0.335 e. The van der Waals surface area contributed by atoms with Gasteiger partial charge in [0.1, 0.15) is 17.1 Å². The van der Waals surface area contributed by atoms with Crippen LogP contribution in [0.4, 0.5) is 10.5 Å². The van der Waals surface area contributed by atoms with Crippen LogP contribution in [-0.4, -0.2) is 17.8 Å². The largest absolute Gasteiger partial charge is 0.457 e. The highest BCUT2D eigenvalue weighted by molar-refractivity contribution is 6.39. The van der Waals surface area contributed by atoms with Crippen LogP contribution < -0.4 is 10.2 Å². The van der Waals surface area contributed by atoms with Gasteiger partial charge in [-0.3, -0.25) is 14.9 Å². The number of halogens is 2. The van der Waals surface area contributed by atoms with Crippen molar-refractivity contribution < 1.29 is 18.8 Å². The van der Waals surface area contributed by atoms with E-state index < -0.39 is 17.8 Å². The number of benzene rings is 2. The van der Waals surface area contributed by atoms with Crippen molar-refractivity contribution in [1.29, 1.82) is 0 Å². The van der Waals surface area contributed by atoms with Crippen LogP contribution in [0.25, 0.3) is 17.4 Å². The quantitative estimate of drug-likeness (QED) is 0.446. The van der Waals surface area contributed by atoms with E-state index in [1.54, 1.807) is 54.6 Å². The summed E-state index contributed by atoms with van der Waals surface area (Å²) >= 11 is 12.2. The van der Waals surface area contributed by atoms with Crippen molar-refractivity contribution in [3.05, 3.63) is 81.5 Å². The van der Waals surface area contributed by atoms with Crippen LogP contribution in [0.3, 0.4) is 0 Å². The second-order valence-corrected chi connectivity index (χ2v) is 7.46. The summed E-state index contributed by atoms with van der Waals surface area (Å²) in [7, 11) is 0. The molecule has 0 bridgehead atoms. The lowest BCUT2D eigenvalue weighted by atomic mass is 10.1. The minimum absolute atomic E-state index is 0.228. The van der Waals surface area contributed by atoms with Gasteiger partial charge in [0.25, 0.3) is 11.8 Å². The van der Waals surface area contributed by atoms with E-state index in [1.807, 2.05) is 6.92 Å². The molecule has 2 heterocycles. The van der Waals surface area contributed by atoms with Crippen LogP contribution >= 0.6 is 23.2 Å². The van der Waals surface area contributed by atoms with Crippen molar-refractivity contribution in [2.75, 3.05) is 4.90 Å². The molecule has 0 unspecified atom stereocenters. The molecule has 1 aliphatic heterocycles. The van der Waals surface area contributed by atoms with E-state index in [9.17, 15) is 14.4 Å². The van der Waals surface area contributed by atoms with E-state index in [1.165, 1.54) is 6.08 Å². The fourth-order valence-corrected chi connectivity index (χ4v) is 3.37. The van der Waals surface area contributed by atoms with Crippen LogP contribution in [0.1, 0.15) is 11.3 Å². The lowest BCUT2D eigenvalue weighted by Gasteiger charge is -2.26. The minimum Gasteiger partial charge on any atom is -0.457 e. The maximum absolute atomic E-state index is 12.9. The van der Waals surface area contributed by atoms with Crippen molar-refractivity contribution in [1.82, 2.24) is 5.32 Å². The Hall–Kier alpha value is -3.35. The van der Waals surface area contributed by atoms with E-state index >= 15 is 0 Å². The Bertz CT molecular complexity index is 1210. The number of urea groups is 1. The van der Waals surface area contributed by atoms with E-state index in [-0.39, 0.29) is 11.3 Å². The minimum atomic E-state index is -0.808. The fraction of sp³-hybridized carbons (Fsp3) is 0.0455. The first-order valence-electron chi connectivity index (χ1n) is 8.87. The molecule has 2 aromatic carbocycles. The van der Waals surface area contributed by atoms with Gasteiger partial charge in [-0.15, -0.1) is 0 Å². The molecule has 1 fully saturated rings. The highest BCUT2D eigenvalue weighted by Gasteiger charge is 2.37. The summed E-state index contributed by atoms with van der Waals surface area (Å²) in [6.45, 7) is 1.89. The highest BCUT2D eigenvalue weighted by Crippen LogP contribution is 2.32. The summed E-state index contributed by atoms with van der Waals surface area (Å²) in [5.74, 6) is -0.874. The van der Waals surface area contributed by atoms with Crippen molar-refractivity contribution in [2.24, 2.45) is 0 Å². The Balaban J connectivity index is 1.69. The SMILES string of the molecule is Cc1ccc(N2C(=O)NC(=O)/C(=C\c3ccc(-c4cc(Cl)ccc4Cl)o3)C2=O)cc1. The van der Waals surface area contributed by atoms with Gasteiger partial charge in [0.15, 0.2) is 0 Å². The first kappa shape index (κ1) is 19.9. The summed E-state index contributed by atoms with van der Waals surface area (Å²) in [5, 5.41) is 3.10. The number of nitrogens with one attached hydrogen (secondary N) is 1. The van der Waals surface area contributed by atoms with Gasteiger partial charge in [-0.05, 0) is 55.5 Å². The number of nitrogens with zero attached hydrogens (tertiary/aromatic N) is 1. The van der Waals surface area contributed by atoms with Gasteiger partial charge < -0.3 is 4.42 Å². The van der Waals surface area contributed by atoms with Crippen molar-refractivity contribution in [2.45, 2.75) is 6.92 Å². The molecule has 0 atom stereocenters. The second-order valence-electron chi connectivity index (χ2n) is 6.62. The predicted molar refractivity (Wildman–Crippen MR) is 114 cm³/mol. The number of hydrogen-bond acceptors (Lipinski definition) is 4. The zero-order chi connectivity index (χ0) is 21.4. The summed E-state index contributed by atoms with van der Waals surface area (Å²) in [6.07, 6.45) is 1.28. The van der Waals surface area contributed by atoms with Crippen LogP contribution in [0.2, 0.25) is 10.0 Å². The predicted octanol–water partition coefficient (Wildman–Crippen LogP) is 5.23. The van der Waals surface area contributed by atoms with Gasteiger partial charge in [-0.25, -0.2) is 9.69 Å². The number of hydrogen-bond donors (Lipinski definition) is 1. The number of aryl methyl sites for hydroxylation is 1. The van der Waals surface area contributed by atoms with E-state index in [4.69, 9.17) is 27.6 Å². The van der Waals surface area contributed by atoms with E-state index in [0.717, 1.165) is 10.5 Å². The average molecular weight is 441 g/mol. The molecule has 4 amide bonds. The number of barbiturate groups is 1. The third-order valence-corrected chi connectivity index (χ3v) is 5.07. The molecule has 1 aliphatic rings. The average Bonchev–Trinajstić information content (AvgIpc) is 3.17. The molecule has 0 radical (unpaired) electrons. The second kappa shape index (κ2) is 7.82. The molecule has 150 valence electrons. The third kappa shape index (κ3) is 3.75. The zero-order valence-corrected chi connectivity index (χ0v) is 17.1. The number of amides is 4. The summed E-state index contributed by atoms with van der Waals surface area (Å²) in [6, 6.07) is 14.2. The van der Waals surface area contributed by atoms with Crippen LogP contribution in [0.15, 0.2) is 64.6 Å². The summed E-state index contributed by atoms with van der Waals surface area (Å²) in [4.78, 5) is 38.4. The first-order valence-corrected chi connectivity index (χ1v) is 9.62. The molecule has 6 nitrogen and oxygen atoms in total. The molecule has 1 aromatic heterocycles. The van der Waals surface area contributed by atoms with Crippen molar-refractivity contribution in [3.63, 3.8) is 0 Å². The molecule has 8 heteroatoms. The number of carbonyl (C=O) groups excluding carboxylic acids is 3. The van der Waals surface area contributed by atoms with Crippen LogP contribution in [0, 0.1) is 6.92 Å². The Morgan fingerprint density at radius 1 is 0.967 bits per heavy atom. The van der Waals surface area contributed by atoms with Gasteiger partial charge in [0.05, 0.1) is 10.7 Å². The first-order chi connectivity index (χ1) is 14.3. The molecule has 1 N–H and O–H groups in total. The number of carbonyl (C=O) groups is 3. The molecule has 30 heavy (non-hydrogen) atoms. The number of imide groups is 2. The maximum atomic E-state index is 12.9. The zero-order valence-electron chi connectivity index (χ0n) is 15.6. The van der Waals surface area contributed by atoms with Gasteiger partial charge in [0.2, 0.25) is 0 Å². The molecule has 1 saturated heterocycles. The van der Waals surface area contributed by atoms with Crippen LogP contribution in [0.5, 0.6) is 0 Å². The molecule has 3 aromatic rings. The van der Waals surface area contributed by atoms with Crippen LogP contribution in [-0.2, 0) is 9.59 Å². The van der Waals surface area contributed by atoms with E-state index in [2.05, 4.69) is 5.32 Å². The lowest BCUT2D eigenvalue weighted by molar-refractivity contribution is -0.122. The summed E-state index contributed by atoms with van der Waals surface area (Å²) in [5.41, 5.74) is 1.67. The van der Waals surface area contributed by atoms with Gasteiger partial charge in [-0.2, -0.15) is 0 Å². The number of furan rings is 1. The monoisotopic (exact) mass is 440 g/mol. The molecular formula is C22H14Cl2N2O4. The molecule has 4 rings (SSSR count). The van der Waals surface area contributed by atoms with Crippen molar-refractivity contribution >= 4 is 52.8 Å². The number of anilines is 1. The molecular weight excluding hydrogens is 427 g/mol. The topological polar surface area (TPSA) is 79.6 Å². The standard InChI is InChI=1S/C22H14Cl2N2O4/c1-12-2-5-14(6-3-12)26-21(28)17(20(27)25-22(26)29)11-15-7-9-19(30-15)16-10-13(23)4-8-18(16)24/h2-11H,1H3,(H,25,27,29)/b17-11+. The van der Waals surface area contributed by atoms with Gasteiger partial charge in [0, 0.05) is 10.6 Å².